The van der Waals surface area contributed by atoms with E-state index in [9.17, 15) is 4.79 Å². The Kier molecular flexibility index (Phi) is 4.72. The molecule has 3 rings (SSSR count). The van der Waals surface area contributed by atoms with Gasteiger partial charge in [-0.05, 0) is 64.5 Å². The summed E-state index contributed by atoms with van der Waals surface area (Å²) < 4.78 is 5.33. The van der Waals surface area contributed by atoms with E-state index in [1.54, 1.807) is 6.20 Å². The summed E-state index contributed by atoms with van der Waals surface area (Å²) in [5.41, 5.74) is 1.56. The van der Waals surface area contributed by atoms with Crippen molar-refractivity contribution in [1.82, 2.24) is 15.3 Å². The van der Waals surface area contributed by atoms with Gasteiger partial charge in [0.25, 0.3) is 0 Å². The third-order valence-corrected chi connectivity index (χ3v) is 4.72. The Balaban J connectivity index is 1.58. The van der Waals surface area contributed by atoms with Crippen molar-refractivity contribution in [3.05, 3.63) is 29.0 Å². The Morgan fingerprint density at radius 2 is 2.04 bits per heavy atom. The normalized spacial score (nSPS) is 21.7. The molecule has 2 heterocycles. The molecule has 0 atom stereocenters. The van der Waals surface area contributed by atoms with Gasteiger partial charge in [0.05, 0.1) is 5.02 Å². The molecule has 0 unspecified atom stereocenters. The van der Waals surface area contributed by atoms with Crippen LogP contribution in [0, 0.1) is 0 Å². The van der Waals surface area contributed by atoms with E-state index in [0.717, 1.165) is 41.7 Å². The quantitative estimate of drug-likeness (QED) is 0.820. The number of hydrogen-bond acceptors (Lipinski definition) is 3. The fourth-order valence-electron chi connectivity index (χ4n) is 3.26. The van der Waals surface area contributed by atoms with Crippen LogP contribution in [0.3, 0.4) is 0 Å². The first-order valence-corrected chi connectivity index (χ1v) is 8.82. The number of pyridine rings is 1. The van der Waals surface area contributed by atoms with Crippen LogP contribution in [0.15, 0.2) is 18.3 Å². The van der Waals surface area contributed by atoms with Gasteiger partial charge in [-0.3, -0.25) is 0 Å². The molecule has 130 valence electrons. The maximum atomic E-state index is 11.9. The number of ether oxygens (including phenoxy) is 1. The van der Waals surface area contributed by atoms with Crippen molar-refractivity contribution in [3.63, 3.8) is 0 Å². The molecule has 0 radical (unpaired) electrons. The van der Waals surface area contributed by atoms with E-state index in [-0.39, 0.29) is 12.1 Å². The minimum atomic E-state index is -0.460. The van der Waals surface area contributed by atoms with Gasteiger partial charge in [0, 0.05) is 23.3 Å². The first-order chi connectivity index (χ1) is 11.3. The molecular formula is C18H24ClN3O2. The number of halogens is 1. The van der Waals surface area contributed by atoms with Crippen LogP contribution >= 0.6 is 11.6 Å². The molecule has 24 heavy (non-hydrogen) atoms. The molecule has 1 fully saturated rings. The van der Waals surface area contributed by atoms with E-state index in [0.29, 0.717) is 5.92 Å². The van der Waals surface area contributed by atoms with Gasteiger partial charge in [0.1, 0.15) is 11.2 Å². The van der Waals surface area contributed by atoms with Gasteiger partial charge in [-0.1, -0.05) is 11.6 Å². The van der Waals surface area contributed by atoms with Gasteiger partial charge in [0.15, 0.2) is 0 Å². The largest absolute Gasteiger partial charge is 0.444 e. The van der Waals surface area contributed by atoms with Crippen molar-refractivity contribution in [3.8, 4) is 0 Å². The fourth-order valence-corrected chi connectivity index (χ4v) is 3.46. The highest BCUT2D eigenvalue weighted by Crippen LogP contribution is 2.35. The molecule has 2 N–H and O–H groups in total. The van der Waals surface area contributed by atoms with Crippen LogP contribution in [-0.4, -0.2) is 27.7 Å². The van der Waals surface area contributed by atoms with E-state index in [1.807, 2.05) is 26.8 Å². The second kappa shape index (κ2) is 6.63. The highest BCUT2D eigenvalue weighted by molar-refractivity contribution is 6.35. The first kappa shape index (κ1) is 17.1. The van der Waals surface area contributed by atoms with Gasteiger partial charge in [-0.2, -0.15) is 0 Å². The minimum absolute atomic E-state index is 0.183. The number of hydrogen-bond donors (Lipinski definition) is 2. The summed E-state index contributed by atoms with van der Waals surface area (Å²) in [4.78, 5) is 19.6. The van der Waals surface area contributed by atoms with Crippen LogP contribution in [0.4, 0.5) is 4.79 Å². The second-order valence-corrected chi connectivity index (χ2v) is 7.88. The van der Waals surface area contributed by atoms with Crippen molar-refractivity contribution in [2.75, 3.05) is 0 Å². The molecule has 5 nitrogen and oxygen atoms in total. The number of nitrogens with zero attached hydrogens (tertiary/aromatic N) is 1. The molecule has 0 saturated heterocycles. The summed E-state index contributed by atoms with van der Waals surface area (Å²) in [5.74, 6) is 0.451. The maximum absolute atomic E-state index is 11.9. The molecule has 0 spiro atoms. The van der Waals surface area contributed by atoms with Gasteiger partial charge < -0.3 is 15.0 Å². The number of alkyl carbamates (subject to hydrolysis) is 1. The molecule has 1 saturated carbocycles. The monoisotopic (exact) mass is 349 g/mol. The molecule has 0 aliphatic heterocycles. The lowest BCUT2D eigenvalue weighted by molar-refractivity contribution is 0.0491. The predicted octanol–water partition coefficient (Wildman–Crippen LogP) is 4.77. The lowest BCUT2D eigenvalue weighted by Crippen LogP contribution is -2.40. The third kappa shape index (κ3) is 4.01. The number of fused-ring (bicyclic) bond motifs is 1. The molecule has 2 aromatic heterocycles. The van der Waals surface area contributed by atoms with Crippen LogP contribution in [-0.2, 0) is 4.74 Å². The number of carbonyl (C=O) groups excluding carboxylic acids is 1. The maximum Gasteiger partial charge on any atom is 0.407 e. The summed E-state index contributed by atoms with van der Waals surface area (Å²) in [6.07, 6.45) is 5.32. The lowest BCUT2D eigenvalue weighted by atomic mass is 9.84. The standard InChI is InChI=1S/C18H24ClN3O2/c1-18(2,3)24-17(23)21-12-6-4-11(5-7-12)15-10-13-14(19)8-9-20-16(13)22-15/h8-12H,4-7H2,1-3H3,(H,20,22)(H,21,23). The van der Waals surface area contributed by atoms with E-state index in [1.165, 1.54) is 5.69 Å². The Bertz CT molecular complexity index is 727. The Morgan fingerprint density at radius 3 is 2.67 bits per heavy atom. The number of amides is 1. The average molecular weight is 350 g/mol. The van der Waals surface area contributed by atoms with E-state index in [2.05, 4.69) is 21.4 Å². The minimum Gasteiger partial charge on any atom is -0.444 e. The Labute approximate surface area is 147 Å². The van der Waals surface area contributed by atoms with Gasteiger partial charge in [-0.15, -0.1) is 0 Å². The van der Waals surface area contributed by atoms with Crippen LogP contribution in [0.5, 0.6) is 0 Å². The molecule has 0 aromatic carbocycles. The summed E-state index contributed by atoms with van der Waals surface area (Å²) in [6, 6.07) is 4.10. The number of aromatic nitrogens is 2. The predicted molar refractivity (Wildman–Crippen MR) is 95.5 cm³/mol. The Morgan fingerprint density at radius 1 is 1.33 bits per heavy atom. The summed E-state index contributed by atoms with van der Waals surface area (Å²) in [6.45, 7) is 5.62. The van der Waals surface area contributed by atoms with Crippen molar-refractivity contribution in [2.45, 2.75) is 64.0 Å². The van der Waals surface area contributed by atoms with Crippen molar-refractivity contribution in [2.24, 2.45) is 0 Å². The van der Waals surface area contributed by atoms with Crippen molar-refractivity contribution >= 4 is 28.7 Å². The van der Waals surface area contributed by atoms with Crippen LogP contribution in [0.1, 0.15) is 58.1 Å². The van der Waals surface area contributed by atoms with Gasteiger partial charge in [-0.25, -0.2) is 9.78 Å². The molecule has 2 aromatic rings. The zero-order chi connectivity index (χ0) is 17.3. The van der Waals surface area contributed by atoms with Gasteiger partial charge >= 0.3 is 6.09 Å². The van der Waals surface area contributed by atoms with E-state index in [4.69, 9.17) is 16.3 Å². The van der Waals surface area contributed by atoms with E-state index < -0.39 is 5.60 Å². The molecule has 1 aliphatic carbocycles. The number of nitrogens with one attached hydrogen (secondary N) is 2. The summed E-state index contributed by atoms with van der Waals surface area (Å²) in [7, 11) is 0. The number of rotatable bonds is 2. The second-order valence-electron chi connectivity index (χ2n) is 7.47. The van der Waals surface area contributed by atoms with Crippen LogP contribution in [0.2, 0.25) is 5.02 Å². The first-order valence-electron chi connectivity index (χ1n) is 8.44. The lowest BCUT2D eigenvalue weighted by Gasteiger charge is -2.29. The molecule has 6 heteroatoms. The zero-order valence-electron chi connectivity index (χ0n) is 14.4. The Hall–Kier alpha value is -1.75. The zero-order valence-corrected chi connectivity index (χ0v) is 15.1. The molecule has 1 aliphatic rings. The molecule has 1 amide bonds. The SMILES string of the molecule is CC(C)(C)OC(=O)NC1CCC(c2cc3c(Cl)ccnc3[nH]2)CC1. The number of carbonyl (C=O) groups is 1. The third-order valence-electron chi connectivity index (χ3n) is 4.39. The van der Waals surface area contributed by atoms with Gasteiger partial charge in [0.2, 0.25) is 0 Å². The topological polar surface area (TPSA) is 67.0 Å². The van der Waals surface area contributed by atoms with Crippen LogP contribution in [0.25, 0.3) is 11.0 Å². The summed E-state index contributed by atoms with van der Waals surface area (Å²) in [5, 5.41) is 4.68. The smallest absolute Gasteiger partial charge is 0.407 e. The van der Waals surface area contributed by atoms with Crippen molar-refractivity contribution < 1.29 is 9.53 Å². The number of aromatic amines is 1. The highest BCUT2D eigenvalue weighted by Gasteiger charge is 2.26. The molecular weight excluding hydrogens is 326 g/mol. The fraction of sp³-hybridized carbons (Fsp3) is 0.556. The molecule has 0 bridgehead atoms. The van der Waals surface area contributed by atoms with E-state index >= 15 is 0 Å². The number of H-pyrrole nitrogens is 1. The van der Waals surface area contributed by atoms with Crippen LogP contribution < -0.4 is 5.32 Å². The average Bonchev–Trinajstić information content (AvgIpc) is 2.91. The summed E-state index contributed by atoms with van der Waals surface area (Å²) >= 11 is 6.22. The highest BCUT2D eigenvalue weighted by atomic mass is 35.5. The van der Waals surface area contributed by atoms with Crippen molar-refractivity contribution in [1.29, 1.82) is 0 Å².